The Bertz CT molecular complexity index is 5320. The van der Waals surface area contributed by atoms with E-state index >= 15 is 0 Å². The normalized spacial score (nSPS) is 12.0. The van der Waals surface area contributed by atoms with Gasteiger partial charge in [-0.25, -0.2) is 0 Å². The smallest absolute Gasteiger partial charge is 0.137 e. The van der Waals surface area contributed by atoms with E-state index in [9.17, 15) is 0 Å². The molecule has 0 spiro atoms. The number of hydrogen-bond donors (Lipinski definition) is 0. The molecule has 0 amide bonds. The molecule has 0 atom stereocenters. The predicted molar refractivity (Wildman–Crippen MR) is 348 cm³/mol. The summed E-state index contributed by atoms with van der Waals surface area (Å²) < 4.78 is 26.5. The van der Waals surface area contributed by atoms with Gasteiger partial charge in [-0.05, 0) is 176 Å². The molecular formula is C78H46N2O4. The zero-order valence-corrected chi connectivity index (χ0v) is 45.1. The maximum absolute atomic E-state index is 6.82. The molecule has 4 aromatic heterocycles. The lowest BCUT2D eigenvalue weighted by atomic mass is 9.94. The van der Waals surface area contributed by atoms with Crippen LogP contribution in [-0.4, -0.2) is 0 Å². The molecule has 0 bridgehead atoms. The van der Waals surface area contributed by atoms with Crippen molar-refractivity contribution in [3.8, 4) is 22.3 Å². The van der Waals surface area contributed by atoms with Crippen molar-refractivity contribution >= 4 is 154 Å². The van der Waals surface area contributed by atoms with Crippen LogP contribution in [0.2, 0.25) is 0 Å². The Kier molecular flexibility index (Phi) is 9.99. The van der Waals surface area contributed by atoms with Crippen molar-refractivity contribution in [2.24, 2.45) is 0 Å². The van der Waals surface area contributed by atoms with Gasteiger partial charge >= 0.3 is 0 Å². The minimum atomic E-state index is 0.814. The van der Waals surface area contributed by atoms with Crippen LogP contribution in [0.4, 0.5) is 34.1 Å². The van der Waals surface area contributed by atoms with Crippen LogP contribution in [0.15, 0.2) is 297 Å². The largest absolute Gasteiger partial charge is 0.456 e. The molecule has 84 heavy (non-hydrogen) atoms. The van der Waals surface area contributed by atoms with Gasteiger partial charge in [-0.1, -0.05) is 146 Å². The SMILES string of the molecule is c1ccc(N(c2ccc(-c3cc4oc5ccccc5c4c4ccccc34)cc2)c2ccc3c(c2)oc2ccc4c(ccc5oc6cc(N(c7ccccc7)c7ccc(-c8cc9oc%10ccccc%10c9c9ccccc89)cc7)ccc6c54)c23)cc1. The molecule has 0 aliphatic rings. The van der Waals surface area contributed by atoms with Gasteiger partial charge in [-0.15, -0.1) is 0 Å². The first kappa shape index (κ1) is 46.4. The highest BCUT2D eigenvalue weighted by molar-refractivity contribution is 6.28. The molecule has 0 radical (unpaired) electrons. The minimum Gasteiger partial charge on any atom is -0.456 e. The molecule has 4 heterocycles. The fourth-order valence-electron chi connectivity index (χ4n) is 13.5. The van der Waals surface area contributed by atoms with Crippen molar-refractivity contribution in [2.45, 2.75) is 0 Å². The number of nitrogens with zero attached hydrogens (tertiary/aromatic N) is 2. The van der Waals surface area contributed by atoms with Gasteiger partial charge in [0.2, 0.25) is 0 Å². The highest BCUT2D eigenvalue weighted by Gasteiger charge is 2.23. The summed E-state index contributed by atoms with van der Waals surface area (Å²) in [5, 5.41) is 15.8. The summed E-state index contributed by atoms with van der Waals surface area (Å²) in [5.74, 6) is 0. The summed E-state index contributed by atoms with van der Waals surface area (Å²) in [6, 6.07) is 98.9. The van der Waals surface area contributed by atoms with Crippen LogP contribution in [0.25, 0.3) is 142 Å². The van der Waals surface area contributed by atoms with Crippen molar-refractivity contribution in [3.63, 3.8) is 0 Å². The molecule has 6 heteroatoms. The molecule has 392 valence electrons. The van der Waals surface area contributed by atoms with E-state index in [0.717, 1.165) is 155 Å². The van der Waals surface area contributed by atoms with E-state index in [1.165, 1.54) is 21.5 Å². The molecular weight excluding hydrogens is 1030 g/mol. The van der Waals surface area contributed by atoms with Crippen molar-refractivity contribution in [1.29, 1.82) is 0 Å². The zero-order chi connectivity index (χ0) is 55.0. The zero-order valence-electron chi connectivity index (χ0n) is 45.1. The first-order valence-corrected chi connectivity index (χ1v) is 28.5. The molecule has 14 aromatic carbocycles. The summed E-state index contributed by atoms with van der Waals surface area (Å²) in [5.41, 5.74) is 17.5. The average molecular weight is 1080 g/mol. The van der Waals surface area contributed by atoms with Crippen LogP contribution in [0, 0.1) is 0 Å². The van der Waals surface area contributed by atoms with Crippen molar-refractivity contribution in [1.82, 2.24) is 0 Å². The fourth-order valence-corrected chi connectivity index (χ4v) is 13.5. The number of benzene rings is 14. The standard InChI is InChI=1S/C78H46N2O4/c1-3-15-49(16-4-1)79(51-31-27-47(28-32-51)65-45-73-77(57-21-9-7-19-55(57)65)61-23-11-13-25-67(61)81-73)53-35-37-63-71(43-53)83-69-41-39-60-59(75(63)69)40-42-70-76(60)64-38-36-54(44-72(64)84-70)80(50-17-5-2-6-18-50)52-33-29-48(30-34-52)66-46-74-78(58-22-10-8-20-56(58)66)62-24-12-14-26-68(62)82-74/h1-46H. The fraction of sp³-hybridized carbons (Fsp3) is 0. The molecule has 0 saturated heterocycles. The highest BCUT2D eigenvalue weighted by Crippen LogP contribution is 2.47. The van der Waals surface area contributed by atoms with E-state index in [-0.39, 0.29) is 0 Å². The predicted octanol–water partition coefficient (Wildman–Crippen LogP) is 23.0. The van der Waals surface area contributed by atoms with Gasteiger partial charge < -0.3 is 27.5 Å². The van der Waals surface area contributed by atoms with Crippen LogP contribution < -0.4 is 9.80 Å². The third-order valence-electron chi connectivity index (χ3n) is 17.2. The van der Waals surface area contributed by atoms with Gasteiger partial charge in [0.15, 0.2) is 0 Å². The number of rotatable bonds is 8. The molecule has 0 N–H and O–H groups in total. The first-order chi connectivity index (χ1) is 41.6. The topological polar surface area (TPSA) is 59.0 Å². The molecule has 6 nitrogen and oxygen atoms in total. The number of fused-ring (bicyclic) bond motifs is 19. The molecule has 0 aliphatic carbocycles. The number of para-hydroxylation sites is 4. The van der Waals surface area contributed by atoms with E-state index < -0.39 is 0 Å². The Labute approximate surface area is 480 Å². The summed E-state index contributed by atoms with van der Waals surface area (Å²) in [4.78, 5) is 4.59. The number of hydrogen-bond acceptors (Lipinski definition) is 6. The van der Waals surface area contributed by atoms with E-state index in [1.807, 2.05) is 24.3 Å². The Morgan fingerprint density at radius 2 is 0.476 bits per heavy atom. The van der Waals surface area contributed by atoms with Crippen LogP contribution >= 0.6 is 0 Å². The number of anilines is 6. The Morgan fingerprint density at radius 3 is 0.905 bits per heavy atom. The van der Waals surface area contributed by atoms with Crippen molar-refractivity contribution < 1.29 is 17.7 Å². The number of furan rings is 4. The summed E-state index contributed by atoms with van der Waals surface area (Å²) in [6.07, 6.45) is 0. The van der Waals surface area contributed by atoms with Crippen LogP contribution in [0.3, 0.4) is 0 Å². The van der Waals surface area contributed by atoms with Gasteiger partial charge in [0, 0.05) is 89.3 Å². The van der Waals surface area contributed by atoms with E-state index in [0.29, 0.717) is 0 Å². The Morgan fingerprint density at radius 1 is 0.179 bits per heavy atom. The molecule has 0 aliphatic heterocycles. The first-order valence-electron chi connectivity index (χ1n) is 28.5. The second-order valence-corrected chi connectivity index (χ2v) is 21.9. The van der Waals surface area contributed by atoms with Crippen molar-refractivity contribution in [3.05, 3.63) is 279 Å². The molecule has 0 unspecified atom stereocenters. The van der Waals surface area contributed by atoms with Gasteiger partial charge in [0.25, 0.3) is 0 Å². The lowest BCUT2D eigenvalue weighted by Crippen LogP contribution is -2.09. The average Bonchev–Trinajstić information content (AvgIpc) is 2.23. The molecule has 18 aromatic rings. The van der Waals surface area contributed by atoms with E-state index in [2.05, 4.69) is 265 Å². The van der Waals surface area contributed by atoms with Crippen molar-refractivity contribution in [2.75, 3.05) is 9.80 Å². The molecule has 18 rings (SSSR count). The van der Waals surface area contributed by atoms with Gasteiger partial charge in [0.05, 0.1) is 0 Å². The monoisotopic (exact) mass is 1070 g/mol. The molecule has 0 saturated carbocycles. The van der Waals surface area contributed by atoms with Gasteiger partial charge in [-0.2, -0.15) is 0 Å². The third-order valence-corrected chi connectivity index (χ3v) is 17.2. The maximum atomic E-state index is 6.82. The maximum Gasteiger partial charge on any atom is 0.137 e. The Hall–Kier alpha value is -11.3. The van der Waals surface area contributed by atoms with E-state index in [4.69, 9.17) is 17.7 Å². The summed E-state index contributed by atoms with van der Waals surface area (Å²) >= 11 is 0. The van der Waals surface area contributed by atoms with Gasteiger partial charge in [-0.3, -0.25) is 0 Å². The molecule has 0 fully saturated rings. The minimum absolute atomic E-state index is 0.814. The second-order valence-electron chi connectivity index (χ2n) is 21.9. The van der Waals surface area contributed by atoms with Crippen LogP contribution in [0.5, 0.6) is 0 Å². The summed E-state index contributed by atoms with van der Waals surface area (Å²) in [7, 11) is 0. The van der Waals surface area contributed by atoms with E-state index in [1.54, 1.807) is 0 Å². The second kappa shape index (κ2) is 18.1. The quantitative estimate of drug-likeness (QED) is 0.151. The highest BCUT2D eigenvalue weighted by atomic mass is 16.3. The Balaban J connectivity index is 0.705. The van der Waals surface area contributed by atoms with Gasteiger partial charge in [0.1, 0.15) is 44.7 Å². The van der Waals surface area contributed by atoms with Crippen LogP contribution in [0.1, 0.15) is 0 Å². The van der Waals surface area contributed by atoms with Crippen LogP contribution in [-0.2, 0) is 0 Å². The summed E-state index contributed by atoms with van der Waals surface area (Å²) in [6.45, 7) is 0. The lowest BCUT2D eigenvalue weighted by Gasteiger charge is -2.25. The third kappa shape index (κ3) is 7.04. The lowest BCUT2D eigenvalue weighted by molar-refractivity contribution is 0.668.